The molecule has 3 fully saturated rings. The van der Waals surface area contributed by atoms with Crippen molar-refractivity contribution in [3.05, 3.63) is 29.8 Å². The second-order valence-corrected chi connectivity index (χ2v) is 8.95. The Bertz CT molecular complexity index is 937. The number of ether oxygens (including phenoxy) is 1. The van der Waals surface area contributed by atoms with Crippen LogP contribution in [-0.4, -0.2) is 52.9 Å². The molecule has 2 saturated carbocycles. The molecule has 1 aromatic rings. The number of benzene rings is 1. The van der Waals surface area contributed by atoms with Gasteiger partial charge in [0.2, 0.25) is 11.6 Å². The van der Waals surface area contributed by atoms with Crippen molar-refractivity contribution in [3.63, 3.8) is 0 Å². The zero-order valence-corrected chi connectivity index (χ0v) is 17.5. The Kier molecular flexibility index (Phi) is 4.95. The summed E-state index contributed by atoms with van der Waals surface area (Å²) in [5, 5.41) is 2.94. The van der Waals surface area contributed by atoms with E-state index in [1.165, 1.54) is 11.3 Å². The normalized spacial score (nSPS) is 25.8. The molecule has 0 bridgehead atoms. The molecule has 8 heteroatoms. The van der Waals surface area contributed by atoms with E-state index in [4.69, 9.17) is 4.74 Å². The quantitative estimate of drug-likeness (QED) is 0.729. The molecule has 4 aliphatic rings. The van der Waals surface area contributed by atoms with Crippen LogP contribution < -0.4 is 10.2 Å². The zero-order chi connectivity index (χ0) is 21.6. The van der Waals surface area contributed by atoms with Crippen molar-refractivity contribution in [2.75, 3.05) is 11.5 Å². The average Bonchev–Trinajstić information content (AvgIpc) is 3.55. The van der Waals surface area contributed by atoms with E-state index in [1.807, 2.05) is 0 Å². The Morgan fingerprint density at radius 1 is 1.06 bits per heavy atom. The van der Waals surface area contributed by atoms with E-state index in [9.17, 15) is 19.2 Å². The summed E-state index contributed by atoms with van der Waals surface area (Å²) in [7, 11) is 0. The number of fused-ring (bicyclic) bond motifs is 3. The van der Waals surface area contributed by atoms with Gasteiger partial charge >= 0.3 is 5.97 Å². The Morgan fingerprint density at radius 2 is 1.81 bits per heavy atom. The first-order chi connectivity index (χ1) is 15.0. The van der Waals surface area contributed by atoms with Crippen LogP contribution in [0.4, 0.5) is 5.69 Å². The van der Waals surface area contributed by atoms with Gasteiger partial charge in [-0.25, -0.2) is 4.79 Å². The highest BCUT2D eigenvalue weighted by Crippen LogP contribution is 2.49. The lowest BCUT2D eigenvalue weighted by atomic mass is 9.95. The van der Waals surface area contributed by atoms with Crippen LogP contribution in [0.1, 0.15) is 68.1 Å². The maximum Gasteiger partial charge on any atom is 0.354 e. The summed E-state index contributed by atoms with van der Waals surface area (Å²) >= 11 is 0. The van der Waals surface area contributed by atoms with Crippen LogP contribution in [0.15, 0.2) is 24.3 Å². The monoisotopic (exact) mass is 425 g/mol. The van der Waals surface area contributed by atoms with Gasteiger partial charge < -0.3 is 15.0 Å². The topological polar surface area (TPSA) is 96.0 Å². The fourth-order valence-corrected chi connectivity index (χ4v) is 5.28. The molecule has 1 atom stereocenters. The molecule has 0 radical (unpaired) electrons. The minimum absolute atomic E-state index is 0.0992. The molecule has 2 heterocycles. The van der Waals surface area contributed by atoms with Gasteiger partial charge in [-0.2, -0.15) is 0 Å². The van der Waals surface area contributed by atoms with Crippen molar-refractivity contribution in [2.24, 2.45) is 0 Å². The van der Waals surface area contributed by atoms with Crippen LogP contribution in [0.5, 0.6) is 0 Å². The van der Waals surface area contributed by atoms with Gasteiger partial charge in [-0.05, 0) is 37.8 Å². The lowest BCUT2D eigenvalue weighted by Gasteiger charge is -2.48. The van der Waals surface area contributed by atoms with Gasteiger partial charge in [0.25, 0.3) is 11.8 Å². The number of amides is 3. The van der Waals surface area contributed by atoms with Crippen LogP contribution >= 0.6 is 0 Å². The standard InChI is InChI=1S/C23H27N3O5/c27-19(24-15-6-2-1-3-7-15)14-31-22(30)23-13-12-20(28)26(23)18-9-5-4-8-17(18)21(29)25(23)16-10-11-16/h4-5,8-9,15-16H,1-3,6-7,10-14H2,(H,24,27)/t23-/m0/s1. The summed E-state index contributed by atoms with van der Waals surface area (Å²) in [5.41, 5.74) is -0.645. The molecule has 1 saturated heterocycles. The minimum Gasteiger partial charge on any atom is -0.452 e. The third-order valence-electron chi connectivity index (χ3n) is 6.84. The molecule has 2 aliphatic carbocycles. The third kappa shape index (κ3) is 3.28. The minimum atomic E-state index is -1.51. The molecular weight excluding hydrogens is 398 g/mol. The van der Waals surface area contributed by atoms with Gasteiger partial charge in [0, 0.05) is 24.9 Å². The molecule has 3 amide bonds. The molecule has 0 aromatic heterocycles. The number of rotatable bonds is 5. The van der Waals surface area contributed by atoms with Crippen LogP contribution in [0.2, 0.25) is 0 Å². The zero-order valence-electron chi connectivity index (χ0n) is 17.5. The maximum absolute atomic E-state index is 13.5. The molecule has 2 aliphatic heterocycles. The van der Waals surface area contributed by atoms with Gasteiger partial charge in [-0.1, -0.05) is 31.4 Å². The summed E-state index contributed by atoms with van der Waals surface area (Å²) < 4.78 is 5.47. The number of anilines is 1. The Morgan fingerprint density at radius 3 is 2.55 bits per heavy atom. The van der Waals surface area contributed by atoms with Crippen LogP contribution in [0.3, 0.4) is 0 Å². The first kappa shape index (κ1) is 20.0. The number of hydrogen-bond acceptors (Lipinski definition) is 5. The van der Waals surface area contributed by atoms with Crippen LogP contribution in [-0.2, 0) is 19.1 Å². The second kappa shape index (κ2) is 7.66. The predicted octanol–water partition coefficient (Wildman–Crippen LogP) is 2.12. The fourth-order valence-electron chi connectivity index (χ4n) is 5.28. The Hall–Kier alpha value is -2.90. The Balaban J connectivity index is 1.40. The van der Waals surface area contributed by atoms with Crippen LogP contribution in [0.25, 0.3) is 0 Å². The summed E-state index contributed by atoms with van der Waals surface area (Å²) in [6.45, 7) is -0.409. The largest absolute Gasteiger partial charge is 0.452 e. The number of para-hydroxylation sites is 1. The summed E-state index contributed by atoms with van der Waals surface area (Å²) in [6, 6.07) is 6.90. The molecule has 1 N–H and O–H groups in total. The van der Waals surface area contributed by atoms with E-state index in [0.717, 1.165) is 38.5 Å². The summed E-state index contributed by atoms with van der Waals surface area (Å²) in [5.74, 6) is -1.51. The van der Waals surface area contributed by atoms with Gasteiger partial charge in [0.1, 0.15) is 0 Å². The van der Waals surface area contributed by atoms with Crippen LogP contribution in [0, 0.1) is 0 Å². The number of esters is 1. The number of nitrogens with zero attached hydrogens (tertiary/aromatic N) is 2. The van der Waals surface area contributed by atoms with E-state index < -0.39 is 18.2 Å². The van der Waals surface area contributed by atoms with Gasteiger partial charge in [0.15, 0.2) is 6.61 Å². The number of hydrogen-bond donors (Lipinski definition) is 1. The first-order valence-electron chi connectivity index (χ1n) is 11.2. The molecule has 1 aromatic carbocycles. The maximum atomic E-state index is 13.5. The van der Waals surface area contributed by atoms with E-state index in [0.29, 0.717) is 11.3 Å². The lowest BCUT2D eigenvalue weighted by molar-refractivity contribution is -0.160. The van der Waals surface area contributed by atoms with Crippen molar-refractivity contribution in [2.45, 2.75) is 75.5 Å². The Labute approximate surface area is 180 Å². The van der Waals surface area contributed by atoms with Crippen molar-refractivity contribution < 1.29 is 23.9 Å². The molecule has 31 heavy (non-hydrogen) atoms. The number of carbonyl (C=O) groups excluding carboxylic acids is 4. The van der Waals surface area contributed by atoms with E-state index in [2.05, 4.69) is 5.32 Å². The van der Waals surface area contributed by atoms with Crippen molar-refractivity contribution >= 4 is 29.4 Å². The average molecular weight is 425 g/mol. The molecule has 0 spiro atoms. The van der Waals surface area contributed by atoms with E-state index >= 15 is 0 Å². The van der Waals surface area contributed by atoms with Crippen molar-refractivity contribution in [1.29, 1.82) is 0 Å². The smallest absolute Gasteiger partial charge is 0.354 e. The summed E-state index contributed by atoms with van der Waals surface area (Å²) in [4.78, 5) is 55.1. The second-order valence-electron chi connectivity index (χ2n) is 8.95. The molecule has 0 unspecified atom stereocenters. The third-order valence-corrected chi connectivity index (χ3v) is 6.84. The highest BCUT2D eigenvalue weighted by atomic mass is 16.5. The lowest BCUT2D eigenvalue weighted by Crippen LogP contribution is -2.69. The van der Waals surface area contributed by atoms with E-state index in [-0.39, 0.29) is 42.6 Å². The SMILES string of the molecule is O=C(COC(=O)[C@]12CCC(=O)N1c1ccccc1C(=O)N2C1CC1)NC1CCCCC1. The highest BCUT2D eigenvalue weighted by molar-refractivity contribution is 6.15. The van der Waals surface area contributed by atoms with E-state index in [1.54, 1.807) is 29.2 Å². The molecule has 8 nitrogen and oxygen atoms in total. The van der Waals surface area contributed by atoms with Gasteiger partial charge in [-0.15, -0.1) is 0 Å². The first-order valence-corrected chi connectivity index (χ1v) is 11.2. The number of carbonyl (C=O) groups is 4. The highest BCUT2D eigenvalue weighted by Gasteiger charge is 2.64. The van der Waals surface area contributed by atoms with Gasteiger partial charge in [-0.3, -0.25) is 19.3 Å². The van der Waals surface area contributed by atoms with Crippen molar-refractivity contribution in [3.8, 4) is 0 Å². The predicted molar refractivity (Wildman–Crippen MR) is 111 cm³/mol. The fraction of sp³-hybridized carbons (Fsp3) is 0.565. The van der Waals surface area contributed by atoms with Gasteiger partial charge in [0.05, 0.1) is 11.3 Å². The number of nitrogens with one attached hydrogen (secondary N) is 1. The van der Waals surface area contributed by atoms with Crippen molar-refractivity contribution in [1.82, 2.24) is 10.2 Å². The molecule has 5 rings (SSSR count). The molecular formula is C23H27N3O5. The summed E-state index contributed by atoms with van der Waals surface area (Å²) in [6.07, 6.45) is 7.12. The molecule has 164 valence electrons.